The van der Waals surface area contributed by atoms with Gasteiger partial charge in [-0.05, 0) is 12.1 Å². The number of para-hydroxylation sites is 1. The van der Waals surface area contributed by atoms with Crippen LogP contribution in [0.3, 0.4) is 0 Å². The lowest BCUT2D eigenvalue weighted by Crippen LogP contribution is -2.31. The maximum Gasteiger partial charge on any atom is 0.287 e. The Labute approximate surface area is 92.0 Å². The van der Waals surface area contributed by atoms with Crippen LogP contribution in [-0.2, 0) is 0 Å². The highest BCUT2D eigenvalue weighted by molar-refractivity contribution is 5.72. The number of ether oxygens (including phenoxy) is 1. The van der Waals surface area contributed by atoms with Gasteiger partial charge in [0, 0.05) is 0 Å². The molecule has 0 saturated carbocycles. The Morgan fingerprint density at radius 3 is 2.75 bits per heavy atom. The molecular weight excluding hydrogens is 218 g/mol. The predicted molar refractivity (Wildman–Crippen MR) is 57.9 cm³/mol. The van der Waals surface area contributed by atoms with E-state index in [1.54, 1.807) is 18.2 Å². The number of nitrogen functional groups attached to an aromatic ring is 1. The van der Waals surface area contributed by atoms with Gasteiger partial charge in [-0.3, -0.25) is 0 Å². The van der Waals surface area contributed by atoms with Crippen molar-refractivity contribution in [3.05, 3.63) is 18.2 Å². The summed E-state index contributed by atoms with van der Waals surface area (Å²) in [5, 5.41) is 10.9. The molecule has 6 heteroatoms. The van der Waals surface area contributed by atoms with Gasteiger partial charge in [0.1, 0.15) is 12.4 Å². The van der Waals surface area contributed by atoms with Gasteiger partial charge in [-0.1, -0.05) is 6.07 Å². The molecule has 0 atom stereocenters. The average Bonchev–Trinajstić information content (AvgIpc) is 2.28. The van der Waals surface area contributed by atoms with Crippen molar-refractivity contribution in [1.82, 2.24) is 0 Å². The second-order valence-electron chi connectivity index (χ2n) is 3.29. The molecule has 16 heavy (non-hydrogen) atoms. The van der Waals surface area contributed by atoms with E-state index in [9.17, 15) is 8.78 Å². The number of halogens is 2. The zero-order valence-corrected chi connectivity index (χ0v) is 8.84. The number of anilines is 2. The van der Waals surface area contributed by atoms with Crippen molar-refractivity contribution >= 4 is 11.4 Å². The number of benzene rings is 1. The van der Waals surface area contributed by atoms with Gasteiger partial charge in [0.15, 0.2) is 0 Å². The minimum Gasteiger partial charge on any atom is -0.495 e. The molecule has 1 rings (SSSR count). The molecule has 0 bridgehead atoms. The second kappa shape index (κ2) is 4.98. The molecule has 0 heterocycles. The average molecular weight is 232 g/mol. The standard InChI is InChI=1S/C10H14F2N2O2/c1-16-8-4-2-3-7(9(8)13)14-5-10(11,12)6-15/h2-4,14-15H,5-6,13H2,1H3. The highest BCUT2D eigenvalue weighted by Crippen LogP contribution is 2.29. The van der Waals surface area contributed by atoms with Crippen molar-refractivity contribution in [2.24, 2.45) is 0 Å². The van der Waals surface area contributed by atoms with E-state index in [0.717, 1.165) is 0 Å². The van der Waals surface area contributed by atoms with E-state index in [1.807, 2.05) is 0 Å². The topological polar surface area (TPSA) is 67.5 Å². The highest BCUT2D eigenvalue weighted by atomic mass is 19.3. The molecule has 0 aromatic heterocycles. The zero-order valence-electron chi connectivity index (χ0n) is 8.84. The fourth-order valence-corrected chi connectivity index (χ4v) is 1.16. The first-order chi connectivity index (χ1) is 7.50. The van der Waals surface area contributed by atoms with Gasteiger partial charge in [-0.25, -0.2) is 8.78 Å². The summed E-state index contributed by atoms with van der Waals surface area (Å²) in [6.45, 7) is -1.88. The molecule has 0 amide bonds. The van der Waals surface area contributed by atoms with Gasteiger partial charge in [0.2, 0.25) is 0 Å². The first-order valence-electron chi connectivity index (χ1n) is 4.65. The number of hydrogen-bond donors (Lipinski definition) is 3. The second-order valence-corrected chi connectivity index (χ2v) is 3.29. The largest absolute Gasteiger partial charge is 0.495 e. The number of alkyl halides is 2. The van der Waals surface area contributed by atoms with Crippen LogP contribution in [0, 0.1) is 0 Å². The van der Waals surface area contributed by atoms with Crippen LogP contribution in [0.15, 0.2) is 18.2 Å². The van der Waals surface area contributed by atoms with Crippen LogP contribution in [0.4, 0.5) is 20.2 Å². The monoisotopic (exact) mass is 232 g/mol. The number of aliphatic hydroxyl groups is 1. The van der Waals surface area contributed by atoms with Gasteiger partial charge in [-0.15, -0.1) is 0 Å². The smallest absolute Gasteiger partial charge is 0.287 e. The van der Waals surface area contributed by atoms with E-state index in [-0.39, 0.29) is 5.69 Å². The molecule has 0 aliphatic rings. The van der Waals surface area contributed by atoms with Crippen molar-refractivity contribution in [1.29, 1.82) is 0 Å². The van der Waals surface area contributed by atoms with E-state index in [4.69, 9.17) is 15.6 Å². The van der Waals surface area contributed by atoms with E-state index in [2.05, 4.69) is 5.32 Å². The molecule has 90 valence electrons. The van der Waals surface area contributed by atoms with Gasteiger partial charge < -0.3 is 20.9 Å². The summed E-state index contributed by atoms with van der Waals surface area (Å²) >= 11 is 0. The van der Waals surface area contributed by atoms with Crippen molar-refractivity contribution in [2.75, 3.05) is 31.3 Å². The molecule has 0 aliphatic heterocycles. The van der Waals surface area contributed by atoms with Crippen LogP contribution in [-0.4, -0.2) is 31.3 Å². The summed E-state index contributed by atoms with van der Waals surface area (Å²) < 4.78 is 30.5. The number of methoxy groups -OCH3 is 1. The van der Waals surface area contributed by atoms with Gasteiger partial charge in [0.05, 0.1) is 25.0 Å². The van der Waals surface area contributed by atoms with E-state index < -0.39 is 19.1 Å². The van der Waals surface area contributed by atoms with Gasteiger partial charge in [-0.2, -0.15) is 0 Å². The normalized spacial score (nSPS) is 11.2. The fraction of sp³-hybridized carbons (Fsp3) is 0.400. The highest BCUT2D eigenvalue weighted by Gasteiger charge is 2.27. The third-order valence-corrected chi connectivity index (χ3v) is 2.05. The van der Waals surface area contributed by atoms with Crippen molar-refractivity contribution in [3.63, 3.8) is 0 Å². The van der Waals surface area contributed by atoms with Crippen LogP contribution in [0.1, 0.15) is 0 Å². The minimum absolute atomic E-state index is 0.263. The van der Waals surface area contributed by atoms with Crippen LogP contribution < -0.4 is 15.8 Å². The Balaban J connectivity index is 2.75. The number of aliphatic hydroxyl groups excluding tert-OH is 1. The number of nitrogens with two attached hydrogens (primary N) is 1. The molecule has 1 aromatic rings. The van der Waals surface area contributed by atoms with Crippen LogP contribution in [0.25, 0.3) is 0 Å². The molecule has 0 unspecified atom stereocenters. The van der Waals surface area contributed by atoms with E-state index >= 15 is 0 Å². The molecule has 1 aromatic carbocycles. The quantitative estimate of drug-likeness (QED) is 0.670. The van der Waals surface area contributed by atoms with E-state index in [1.165, 1.54) is 7.11 Å². The molecular formula is C10H14F2N2O2. The van der Waals surface area contributed by atoms with Crippen LogP contribution >= 0.6 is 0 Å². The maximum absolute atomic E-state index is 12.8. The van der Waals surface area contributed by atoms with Gasteiger partial charge >= 0.3 is 0 Å². The first-order valence-corrected chi connectivity index (χ1v) is 4.65. The fourth-order valence-electron chi connectivity index (χ4n) is 1.16. The molecule has 0 aliphatic carbocycles. The summed E-state index contributed by atoms with van der Waals surface area (Å²) in [6, 6.07) is 4.82. The lowest BCUT2D eigenvalue weighted by atomic mass is 10.2. The Morgan fingerprint density at radius 2 is 2.19 bits per heavy atom. The summed E-state index contributed by atoms with van der Waals surface area (Å²) in [4.78, 5) is 0. The molecule has 4 N–H and O–H groups in total. The van der Waals surface area contributed by atoms with Crippen molar-refractivity contribution in [3.8, 4) is 5.75 Å². The predicted octanol–water partition coefficient (Wildman–Crippen LogP) is 1.32. The summed E-state index contributed by atoms with van der Waals surface area (Å²) in [7, 11) is 1.44. The first kappa shape index (κ1) is 12.5. The minimum atomic E-state index is -3.17. The molecule has 0 radical (unpaired) electrons. The SMILES string of the molecule is COc1cccc(NCC(F)(F)CO)c1N. The number of hydrogen-bond acceptors (Lipinski definition) is 4. The molecule has 0 saturated heterocycles. The Kier molecular flexibility index (Phi) is 3.89. The number of rotatable bonds is 5. The molecule has 4 nitrogen and oxygen atoms in total. The summed E-state index contributed by atoms with van der Waals surface area (Å²) in [6.07, 6.45) is 0. The van der Waals surface area contributed by atoms with Crippen LogP contribution in [0.2, 0.25) is 0 Å². The lowest BCUT2D eigenvalue weighted by molar-refractivity contribution is -0.0372. The summed E-state index contributed by atoms with van der Waals surface area (Å²) in [5.41, 5.74) is 6.29. The van der Waals surface area contributed by atoms with E-state index in [0.29, 0.717) is 11.4 Å². The Hall–Kier alpha value is -1.56. The number of nitrogens with one attached hydrogen (secondary N) is 1. The maximum atomic E-state index is 12.8. The van der Waals surface area contributed by atoms with Crippen LogP contribution in [0.5, 0.6) is 5.75 Å². The van der Waals surface area contributed by atoms with Crippen molar-refractivity contribution < 1.29 is 18.6 Å². The third kappa shape index (κ3) is 2.96. The summed E-state index contributed by atoms with van der Waals surface area (Å²) in [5.74, 6) is -2.76. The van der Waals surface area contributed by atoms with Crippen molar-refractivity contribution in [2.45, 2.75) is 5.92 Å². The zero-order chi connectivity index (χ0) is 12.2. The molecule has 0 fully saturated rings. The lowest BCUT2D eigenvalue weighted by Gasteiger charge is -2.16. The Bertz CT molecular complexity index is 359. The third-order valence-electron chi connectivity index (χ3n) is 2.05. The molecule has 0 spiro atoms. The van der Waals surface area contributed by atoms with Gasteiger partial charge in [0.25, 0.3) is 5.92 Å². The Morgan fingerprint density at radius 1 is 1.50 bits per heavy atom.